The van der Waals surface area contributed by atoms with Crippen LogP contribution in [0.5, 0.6) is 0 Å². The van der Waals surface area contributed by atoms with Crippen LogP contribution in [0.1, 0.15) is 19.8 Å². The highest BCUT2D eigenvalue weighted by molar-refractivity contribution is 7.79. The van der Waals surface area contributed by atoms with Gasteiger partial charge in [0, 0.05) is 5.57 Å². The maximum atomic E-state index is 11.0. The van der Waals surface area contributed by atoms with Gasteiger partial charge in [-0.15, -0.1) is 6.58 Å². The molecule has 1 atom stereocenters. The Hall–Kier alpha value is -0.940. The Morgan fingerprint density at radius 3 is 2.50 bits per heavy atom. The summed E-state index contributed by atoms with van der Waals surface area (Å²) >= 11 is -1.95. The molecule has 14 heavy (non-hydrogen) atoms. The van der Waals surface area contributed by atoms with Crippen LogP contribution in [0, 0.1) is 0 Å². The van der Waals surface area contributed by atoms with Crippen LogP contribution in [-0.2, 0) is 15.9 Å². The zero-order valence-electron chi connectivity index (χ0n) is 8.16. The van der Waals surface area contributed by atoms with Crippen molar-refractivity contribution < 1.29 is 13.6 Å². The lowest BCUT2D eigenvalue weighted by atomic mass is 10.0. The van der Waals surface area contributed by atoms with Crippen molar-refractivity contribution in [3.05, 3.63) is 23.8 Å². The molecule has 0 rings (SSSR count). The van der Waals surface area contributed by atoms with Crippen molar-refractivity contribution in [3.8, 4) is 0 Å². The van der Waals surface area contributed by atoms with Crippen molar-refractivity contribution in [2.45, 2.75) is 19.8 Å². The van der Waals surface area contributed by atoms with Crippen molar-refractivity contribution in [1.29, 1.82) is 0 Å². The van der Waals surface area contributed by atoms with Gasteiger partial charge in [0.2, 0.25) is 5.91 Å². The van der Waals surface area contributed by atoms with E-state index in [2.05, 4.69) is 6.58 Å². The Morgan fingerprint density at radius 1 is 1.64 bits per heavy atom. The molecule has 0 aromatic heterocycles. The molecule has 0 saturated carbocycles. The summed E-state index contributed by atoms with van der Waals surface area (Å²) in [7, 11) is 0. The second-order valence-corrected chi connectivity index (χ2v) is 3.69. The van der Waals surface area contributed by atoms with Gasteiger partial charge in [0.05, 0.1) is 5.75 Å². The fourth-order valence-corrected chi connectivity index (χ4v) is 1.78. The quantitative estimate of drug-likeness (QED) is 0.395. The smallest absolute Gasteiger partial charge is 0.244 e. The van der Waals surface area contributed by atoms with Gasteiger partial charge >= 0.3 is 0 Å². The third-order valence-corrected chi connectivity index (χ3v) is 2.36. The van der Waals surface area contributed by atoms with Crippen molar-refractivity contribution in [1.82, 2.24) is 0 Å². The second-order valence-electron chi connectivity index (χ2n) is 2.76. The Balaban J connectivity index is 4.96. The molecular weight excluding hydrogens is 202 g/mol. The third-order valence-electron chi connectivity index (χ3n) is 1.77. The summed E-state index contributed by atoms with van der Waals surface area (Å²) in [6.45, 7) is 5.30. The Bertz CT molecular complexity index is 284. The normalized spacial score (nSPS) is 14.4. The molecule has 0 aliphatic carbocycles. The molecule has 0 radical (unpaired) electrons. The average Bonchev–Trinajstić information content (AvgIpc) is 2.03. The van der Waals surface area contributed by atoms with Crippen molar-refractivity contribution in [2.24, 2.45) is 5.73 Å². The molecule has 0 aromatic carbocycles. The van der Waals surface area contributed by atoms with Gasteiger partial charge in [0.25, 0.3) is 0 Å². The lowest BCUT2D eigenvalue weighted by Crippen LogP contribution is -2.17. The van der Waals surface area contributed by atoms with Crippen LogP contribution in [0.3, 0.4) is 0 Å². The molecule has 0 aliphatic heterocycles. The predicted octanol–water partition coefficient (Wildman–Crippen LogP) is 0.976. The van der Waals surface area contributed by atoms with Crippen LogP contribution in [-0.4, -0.2) is 20.4 Å². The number of hydrogen-bond donors (Lipinski definition) is 2. The van der Waals surface area contributed by atoms with E-state index in [0.29, 0.717) is 24.0 Å². The van der Waals surface area contributed by atoms with E-state index in [1.54, 1.807) is 13.0 Å². The number of rotatable bonds is 6. The molecule has 0 fully saturated rings. The summed E-state index contributed by atoms with van der Waals surface area (Å²) < 4.78 is 19.3. The fraction of sp³-hybridized carbons (Fsp3) is 0.444. The molecule has 1 amide bonds. The number of nitrogens with two attached hydrogens (primary N) is 1. The number of hydrogen-bond acceptors (Lipinski definition) is 2. The molecule has 0 spiro atoms. The molecule has 80 valence electrons. The van der Waals surface area contributed by atoms with Crippen molar-refractivity contribution in [3.63, 3.8) is 0 Å². The van der Waals surface area contributed by atoms with Gasteiger partial charge in [-0.1, -0.05) is 13.0 Å². The van der Waals surface area contributed by atoms with Crippen LogP contribution >= 0.6 is 0 Å². The fourth-order valence-electron chi connectivity index (χ4n) is 1.19. The van der Waals surface area contributed by atoms with Gasteiger partial charge in [0.1, 0.15) is 0 Å². The minimum absolute atomic E-state index is 0.0435. The van der Waals surface area contributed by atoms with Crippen LogP contribution < -0.4 is 5.73 Å². The van der Waals surface area contributed by atoms with Crippen LogP contribution in [0.4, 0.5) is 0 Å². The second kappa shape index (κ2) is 6.50. The molecule has 0 saturated heterocycles. The lowest BCUT2D eigenvalue weighted by Gasteiger charge is -2.07. The van der Waals surface area contributed by atoms with E-state index >= 15 is 0 Å². The minimum Gasteiger partial charge on any atom is -0.366 e. The van der Waals surface area contributed by atoms with E-state index in [1.807, 2.05) is 0 Å². The Labute approximate surface area is 86.2 Å². The van der Waals surface area contributed by atoms with Crippen molar-refractivity contribution in [2.75, 3.05) is 5.75 Å². The van der Waals surface area contributed by atoms with Crippen LogP contribution in [0.25, 0.3) is 0 Å². The summed E-state index contributed by atoms with van der Waals surface area (Å²) in [5.41, 5.74) is 6.16. The standard InChI is InChI=1S/C9H15NO3S/c1-3-5-7(6-14(12)13)8(4-2)9(10)11/h3H,1,4-6H2,2H3,(H2,10,11)(H,12,13)/b8-7+. The summed E-state index contributed by atoms with van der Waals surface area (Å²) in [6.07, 6.45) is 2.47. The van der Waals surface area contributed by atoms with Gasteiger partial charge in [-0.2, -0.15) is 0 Å². The zero-order valence-corrected chi connectivity index (χ0v) is 8.97. The SMILES string of the molecule is C=CC/C(CS(=O)O)=C(/CC)C(N)=O. The molecule has 3 N–H and O–H groups in total. The maximum absolute atomic E-state index is 11.0. The zero-order chi connectivity index (χ0) is 11.1. The summed E-state index contributed by atoms with van der Waals surface area (Å²) in [5.74, 6) is -0.576. The van der Waals surface area contributed by atoms with E-state index in [9.17, 15) is 9.00 Å². The molecule has 0 bridgehead atoms. The number of amides is 1. The summed E-state index contributed by atoms with van der Waals surface area (Å²) in [5, 5.41) is 0. The predicted molar refractivity (Wildman–Crippen MR) is 57.0 cm³/mol. The van der Waals surface area contributed by atoms with E-state index < -0.39 is 17.0 Å². The summed E-state index contributed by atoms with van der Waals surface area (Å²) in [4.78, 5) is 11.0. The van der Waals surface area contributed by atoms with E-state index in [4.69, 9.17) is 10.3 Å². The van der Waals surface area contributed by atoms with Gasteiger partial charge in [-0.3, -0.25) is 4.79 Å². The maximum Gasteiger partial charge on any atom is 0.244 e. The first-order valence-electron chi connectivity index (χ1n) is 4.21. The van der Waals surface area contributed by atoms with Gasteiger partial charge < -0.3 is 10.3 Å². The summed E-state index contributed by atoms with van der Waals surface area (Å²) in [6, 6.07) is 0. The lowest BCUT2D eigenvalue weighted by molar-refractivity contribution is -0.114. The molecule has 5 heteroatoms. The number of carbonyl (C=O) groups is 1. The first-order valence-corrected chi connectivity index (χ1v) is 5.49. The highest BCUT2D eigenvalue weighted by Gasteiger charge is 2.11. The molecule has 1 unspecified atom stereocenters. The van der Waals surface area contributed by atoms with Gasteiger partial charge in [0.15, 0.2) is 11.1 Å². The first-order chi connectivity index (χ1) is 6.52. The third kappa shape index (κ3) is 4.34. The number of primary amides is 1. The van der Waals surface area contributed by atoms with Crippen LogP contribution in [0.2, 0.25) is 0 Å². The monoisotopic (exact) mass is 217 g/mol. The minimum atomic E-state index is -1.95. The number of carbonyl (C=O) groups excluding carboxylic acids is 1. The van der Waals surface area contributed by atoms with Crippen LogP contribution in [0.15, 0.2) is 23.8 Å². The Morgan fingerprint density at radius 2 is 2.21 bits per heavy atom. The molecule has 0 heterocycles. The van der Waals surface area contributed by atoms with E-state index in [0.717, 1.165) is 0 Å². The highest BCUT2D eigenvalue weighted by atomic mass is 32.2. The van der Waals surface area contributed by atoms with E-state index in [-0.39, 0.29) is 5.75 Å². The molecule has 4 nitrogen and oxygen atoms in total. The molecule has 0 aromatic rings. The topological polar surface area (TPSA) is 80.4 Å². The van der Waals surface area contributed by atoms with Gasteiger partial charge in [-0.05, 0) is 18.4 Å². The average molecular weight is 217 g/mol. The molecule has 0 aliphatic rings. The van der Waals surface area contributed by atoms with Gasteiger partial charge in [-0.25, -0.2) is 4.21 Å². The Kier molecular flexibility index (Phi) is 6.07. The highest BCUT2D eigenvalue weighted by Crippen LogP contribution is 2.13. The van der Waals surface area contributed by atoms with Crippen molar-refractivity contribution >= 4 is 17.0 Å². The first kappa shape index (κ1) is 13.1. The number of allylic oxidation sites excluding steroid dienone is 1. The largest absolute Gasteiger partial charge is 0.366 e. The van der Waals surface area contributed by atoms with E-state index in [1.165, 1.54) is 0 Å². The molecular formula is C9H15NO3S.